The molecule has 2 amide bonds. The molecule has 0 spiro atoms. The average molecular weight is 351 g/mol. The number of carbonyl (C=O) groups is 2. The largest absolute Gasteiger partial charge is 0.368 e. The minimum absolute atomic E-state index is 0.0432. The first-order valence-corrected chi connectivity index (χ1v) is 8.50. The van der Waals surface area contributed by atoms with Gasteiger partial charge in [0.2, 0.25) is 21.8 Å². The number of amides is 2. The topological polar surface area (TPSA) is 136 Å². The third-order valence-corrected chi connectivity index (χ3v) is 4.41. The van der Waals surface area contributed by atoms with Crippen LogP contribution in [0.5, 0.6) is 0 Å². The molecule has 0 radical (unpaired) electrons. The number of primary amides is 1. The Morgan fingerprint density at radius 3 is 2.58 bits per heavy atom. The molecule has 24 heavy (non-hydrogen) atoms. The Morgan fingerprint density at radius 1 is 1.21 bits per heavy atom. The van der Waals surface area contributed by atoms with E-state index in [4.69, 9.17) is 5.73 Å². The predicted octanol–water partition coefficient (Wildman–Crippen LogP) is -0.325. The molecule has 4 N–H and O–H groups in total. The molecule has 0 aliphatic rings. The Kier molecular flexibility index (Phi) is 5.66. The summed E-state index contributed by atoms with van der Waals surface area (Å²) in [6.07, 6.45) is 2.78. The maximum atomic E-state index is 12.0. The molecule has 0 saturated heterocycles. The van der Waals surface area contributed by atoms with Gasteiger partial charge in [-0.15, -0.1) is 0 Å². The molecule has 1 aromatic heterocycles. The number of carbonyl (C=O) groups excluding carboxylic acids is 2. The Hall–Kier alpha value is -2.72. The molecule has 10 heteroatoms. The zero-order valence-electron chi connectivity index (χ0n) is 12.7. The van der Waals surface area contributed by atoms with E-state index in [1.165, 1.54) is 29.2 Å². The maximum absolute atomic E-state index is 12.0. The number of nitrogens with two attached hydrogens (primary N) is 1. The molecule has 0 bridgehead atoms. The van der Waals surface area contributed by atoms with Gasteiger partial charge in [0.1, 0.15) is 6.54 Å². The summed E-state index contributed by atoms with van der Waals surface area (Å²) < 4.78 is 27.6. The first-order valence-electron chi connectivity index (χ1n) is 7.02. The van der Waals surface area contributed by atoms with Crippen molar-refractivity contribution in [2.75, 3.05) is 11.9 Å². The lowest BCUT2D eigenvalue weighted by Crippen LogP contribution is -2.27. The first kappa shape index (κ1) is 17.6. The Balaban J connectivity index is 1.81. The van der Waals surface area contributed by atoms with E-state index < -0.39 is 15.9 Å². The van der Waals surface area contributed by atoms with E-state index in [9.17, 15) is 18.0 Å². The summed E-state index contributed by atoms with van der Waals surface area (Å²) in [5, 5.41) is 6.41. The number of aromatic nitrogens is 2. The van der Waals surface area contributed by atoms with Crippen LogP contribution in [-0.2, 0) is 26.2 Å². The third-order valence-electron chi connectivity index (χ3n) is 2.93. The van der Waals surface area contributed by atoms with Crippen molar-refractivity contribution in [2.45, 2.75) is 17.9 Å². The Labute approximate surface area is 138 Å². The highest BCUT2D eigenvalue weighted by molar-refractivity contribution is 7.89. The number of anilines is 1. The number of nitrogens with one attached hydrogen (secondary N) is 2. The van der Waals surface area contributed by atoms with Gasteiger partial charge in [0.05, 0.1) is 16.8 Å². The summed E-state index contributed by atoms with van der Waals surface area (Å²) >= 11 is 0. The van der Waals surface area contributed by atoms with E-state index in [0.29, 0.717) is 5.69 Å². The fraction of sp³-hybridized carbons (Fsp3) is 0.214. The van der Waals surface area contributed by atoms with Crippen LogP contribution in [0.25, 0.3) is 0 Å². The molecule has 0 saturated carbocycles. The van der Waals surface area contributed by atoms with Gasteiger partial charge in [0, 0.05) is 19.2 Å². The molecule has 0 fully saturated rings. The van der Waals surface area contributed by atoms with Gasteiger partial charge >= 0.3 is 0 Å². The summed E-state index contributed by atoms with van der Waals surface area (Å²) in [7, 11) is -3.64. The number of benzene rings is 1. The van der Waals surface area contributed by atoms with Crippen LogP contribution in [0.2, 0.25) is 0 Å². The van der Waals surface area contributed by atoms with Gasteiger partial charge in [-0.2, -0.15) is 5.10 Å². The Morgan fingerprint density at radius 2 is 1.92 bits per heavy atom. The van der Waals surface area contributed by atoms with Crippen LogP contribution >= 0.6 is 0 Å². The lowest BCUT2D eigenvalue weighted by atomic mass is 10.4. The van der Waals surface area contributed by atoms with Crippen LogP contribution in [0.1, 0.15) is 6.42 Å². The average Bonchev–Trinajstić information content (AvgIpc) is 2.94. The molecule has 9 nitrogen and oxygen atoms in total. The van der Waals surface area contributed by atoms with E-state index in [0.717, 1.165) is 0 Å². The molecule has 0 aliphatic carbocycles. The van der Waals surface area contributed by atoms with E-state index in [1.807, 2.05) is 0 Å². The lowest BCUT2D eigenvalue weighted by molar-refractivity contribution is -0.118. The van der Waals surface area contributed by atoms with Crippen molar-refractivity contribution in [3.8, 4) is 0 Å². The SMILES string of the molecule is NC(=O)Cn1cc(NC(=O)CCNS(=O)(=O)c2ccccc2)cn1. The van der Waals surface area contributed by atoms with Crippen molar-refractivity contribution in [3.63, 3.8) is 0 Å². The van der Waals surface area contributed by atoms with Gasteiger partial charge in [-0.1, -0.05) is 18.2 Å². The van der Waals surface area contributed by atoms with Gasteiger partial charge in [-0.3, -0.25) is 14.3 Å². The van der Waals surface area contributed by atoms with Gasteiger partial charge < -0.3 is 11.1 Å². The maximum Gasteiger partial charge on any atom is 0.240 e. The third kappa shape index (κ3) is 5.18. The minimum Gasteiger partial charge on any atom is -0.368 e. The number of sulfonamides is 1. The molecular formula is C14H17N5O4S. The van der Waals surface area contributed by atoms with Crippen LogP contribution in [0.3, 0.4) is 0 Å². The second-order valence-corrected chi connectivity index (χ2v) is 6.67. The molecule has 0 aliphatic heterocycles. The second-order valence-electron chi connectivity index (χ2n) is 4.90. The van der Waals surface area contributed by atoms with Crippen LogP contribution in [0.15, 0.2) is 47.6 Å². The highest BCUT2D eigenvalue weighted by Crippen LogP contribution is 2.08. The van der Waals surface area contributed by atoms with Crippen molar-refractivity contribution in [1.82, 2.24) is 14.5 Å². The molecule has 2 aromatic rings. The van der Waals surface area contributed by atoms with Gasteiger partial charge in [-0.05, 0) is 12.1 Å². The second kappa shape index (κ2) is 7.70. The summed E-state index contributed by atoms with van der Waals surface area (Å²) in [4.78, 5) is 22.7. The molecule has 0 unspecified atom stereocenters. The van der Waals surface area contributed by atoms with E-state index in [1.54, 1.807) is 18.2 Å². The summed E-state index contributed by atoms with van der Waals surface area (Å²) in [6, 6.07) is 7.88. The van der Waals surface area contributed by atoms with Crippen molar-refractivity contribution >= 4 is 27.5 Å². The minimum atomic E-state index is -3.64. The molecule has 1 heterocycles. The van der Waals surface area contributed by atoms with Crippen molar-refractivity contribution in [2.24, 2.45) is 5.73 Å². The number of hydrogen-bond acceptors (Lipinski definition) is 5. The van der Waals surface area contributed by atoms with Crippen LogP contribution in [0, 0.1) is 0 Å². The predicted molar refractivity (Wildman–Crippen MR) is 86.3 cm³/mol. The summed E-state index contributed by atoms with van der Waals surface area (Å²) in [5.41, 5.74) is 5.43. The molecular weight excluding hydrogens is 334 g/mol. The fourth-order valence-corrected chi connectivity index (χ4v) is 2.93. The van der Waals surface area contributed by atoms with Crippen LogP contribution in [0.4, 0.5) is 5.69 Å². The monoisotopic (exact) mass is 351 g/mol. The smallest absolute Gasteiger partial charge is 0.240 e. The zero-order valence-corrected chi connectivity index (χ0v) is 13.5. The van der Waals surface area contributed by atoms with Crippen molar-refractivity contribution in [1.29, 1.82) is 0 Å². The fourth-order valence-electron chi connectivity index (χ4n) is 1.88. The van der Waals surface area contributed by atoms with Crippen LogP contribution in [-0.4, -0.2) is 36.6 Å². The molecule has 2 rings (SSSR count). The highest BCUT2D eigenvalue weighted by Gasteiger charge is 2.13. The van der Waals surface area contributed by atoms with E-state index in [2.05, 4.69) is 15.1 Å². The summed E-state index contributed by atoms with van der Waals surface area (Å²) in [5.74, 6) is -0.935. The molecule has 1 aromatic carbocycles. The van der Waals surface area contributed by atoms with Gasteiger partial charge in [-0.25, -0.2) is 13.1 Å². The normalized spacial score (nSPS) is 11.2. The number of rotatable bonds is 8. The van der Waals surface area contributed by atoms with Crippen molar-refractivity contribution < 1.29 is 18.0 Å². The zero-order chi connectivity index (χ0) is 17.6. The summed E-state index contributed by atoms with van der Waals surface area (Å²) in [6.45, 7) is -0.134. The molecule has 128 valence electrons. The van der Waals surface area contributed by atoms with E-state index >= 15 is 0 Å². The lowest BCUT2D eigenvalue weighted by Gasteiger charge is -2.06. The molecule has 0 atom stereocenters. The quantitative estimate of drug-likeness (QED) is 0.598. The van der Waals surface area contributed by atoms with E-state index in [-0.39, 0.29) is 30.3 Å². The Bertz CT molecular complexity index is 817. The highest BCUT2D eigenvalue weighted by atomic mass is 32.2. The van der Waals surface area contributed by atoms with Gasteiger partial charge in [0.25, 0.3) is 0 Å². The van der Waals surface area contributed by atoms with Crippen molar-refractivity contribution in [3.05, 3.63) is 42.7 Å². The standard InChI is InChI=1S/C14H17N5O4S/c15-13(20)10-19-9-11(8-16-19)18-14(21)6-7-17-24(22,23)12-4-2-1-3-5-12/h1-5,8-9,17H,6-7,10H2,(H2,15,20)(H,18,21). The first-order chi connectivity index (χ1) is 11.4. The van der Waals surface area contributed by atoms with Gasteiger partial charge in [0.15, 0.2) is 0 Å². The van der Waals surface area contributed by atoms with Crippen LogP contribution < -0.4 is 15.8 Å². The number of hydrogen-bond donors (Lipinski definition) is 3. The number of nitrogens with zero attached hydrogens (tertiary/aromatic N) is 2.